The molecule has 0 unspecified atom stereocenters. The summed E-state index contributed by atoms with van der Waals surface area (Å²) in [4.78, 5) is 26.2. The van der Waals surface area contributed by atoms with E-state index in [1.54, 1.807) is 18.2 Å². The highest BCUT2D eigenvalue weighted by Gasteiger charge is 2.33. The molecule has 1 saturated heterocycles. The minimum atomic E-state index is -3.00. The van der Waals surface area contributed by atoms with Crippen LogP contribution in [0.2, 0.25) is 0 Å². The Hall–Kier alpha value is -2.98. The number of halogens is 2. The summed E-state index contributed by atoms with van der Waals surface area (Å²) in [5.74, 6) is -1.11. The number of carbonyl (C=O) groups excluding carboxylic acids is 2. The number of nitrogens with zero attached hydrogens (tertiary/aromatic N) is 1. The fourth-order valence-corrected chi connectivity index (χ4v) is 3.75. The largest absolute Gasteiger partial charge is 0.508 e. The number of carbonyl (C=O) groups is 2. The maximum absolute atomic E-state index is 12.6. The molecule has 6 nitrogen and oxygen atoms in total. The van der Waals surface area contributed by atoms with Crippen molar-refractivity contribution >= 4 is 51.9 Å². The molecule has 2 amide bonds. The number of para-hydroxylation sites is 1. The van der Waals surface area contributed by atoms with Crippen molar-refractivity contribution in [2.24, 2.45) is 0 Å². The van der Waals surface area contributed by atoms with Crippen molar-refractivity contribution in [2.45, 2.75) is 6.61 Å². The van der Waals surface area contributed by atoms with E-state index in [1.807, 2.05) is 0 Å². The Kier molecular flexibility index (Phi) is 6.45. The summed E-state index contributed by atoms with van der Waals surface area (Å²) in [7, 11) is 0. The third-order valence-electron chi connectivity index (χ3n) is 3.73. The first-order valence-corrected chi connectivity index (χ1v) is 9.44. The minimum Gasteiger partial charge on any atom is -0.508 e. The summed E-state index contributed by atoms with van der Waals surface area (Å²) in [5, 5.41) is 12.0. The molecule has 1 aliphatic rings. The van der Waals surface area contributed by atoms with Crippen LogP contribution in [0.5, 0.6) is 11.5 Å². The first kappa shape index (κ1) is 20.7. The van der Waals surface area contributed by atoms with Crippen LogP contribution in [-0.4, -0.2) is 39.3 Å². The number of hydrogen-bond donors (Lipinski definition) is 2. The van der Waals surface area contributed by atoms with E-state index in [0.29, 0.717) is 5.69 Å². The predicted molar refractivity (Wildman–Crippen MR) is 110 cm³/mol. The molecule has 2 N–H and O–H groups in total. The Morgan fingerprint density at radius 3 is 2.76 bits per heavy atom. The molecule has 1 heterocycles. The number of amides is 2. The summed E-state index contributed by atoms with van der Waals surface area (Å²) in [6.45, 7) is -3.33. The van der Waals surface area contributed by atoms with E-state index in [1.165, 1.54) is 36.4 Å². The lowest BCUT2D eigenvalue weighted by Gasteiger charge is -2.14. The van der Waals surface area contributed by atoms with Crippen LogP contribution in [0.25, 0.3) is 6.08 Å². The molecule has 2 aromatic carbocycles. The molecule has 10 heteroatoms. The van der Waals surface area contributed by atoms with Gasteiger partial charge in [0.05, 0.1) is 4.91 Å². The molecule has 0 spiro atoms. The van der Waals surface area contributed by atoms with Crippen molar-refractivity contribution < 1.29 is 28.2 Å². The number of nitrogens with one attached hydrogen (secondary N) is 1. The number of phenolic OH excluding ortho intramolecular Hbond substituents is 1. The van der Waals surface area contributed by atoms with Crippen molar-refractivity contribution in [2.75, 3.05) is 11.9 Å². The predicted octanol–water partition coefficient (Wildman–Crippen LogP) is 3.83. The van der Waals surface area contributed by atoms with E-state index < -0.39 is 18.4 Å². The van der Waals surface area contributed by atoms with Gasteiger partial charge in [-0.2, -0.15) is 8.78 Å². The van der Waals surface area contributed by atoms with Crippen LogP contribution in [0.15, 0.2) is 53.4 Å². The zero-order valence-corrected chi connectivity index (χ0v) is 16.3. The zero-order chi connectivity index (χ0) is 21.0. The number of aromatic hydroxyl groups is 1. The summed E-state index contributed by atoms with van der Waals surface area (Å²) >= 11 is 6.13. The molecular weight excluding hydrogens is 422 g/mol. The Morgan fingerprint density at radius 2 is 2.03 bits per heavy atom. The molecule has 0 bridgehead atoms. The molecular formula is C19H14F2N2O4S2. The van der Waals surface area contributed by atoms with Gasteiger partial charge < -0.3 is 15.2 Å². The van der Waals surface area contributed by atoms with Crippen LogP contribution in [0.4, 0.5) is 14.5 Å². The average molecular weight is 436 g/mol. The van der Waals surface area contributed by atoms with Crippen molar-refractivity contribution in [1.82, 2.24) is 4.90 Å². The average Bonchev–Trinajstić information content (AvgIpc) is 2.90. The number of phenols is 1. The fourth-order valence-electron chi connectivity index (χ4n) is 2.51. The van der Waals surface area contributed by atoms with E-state index in [-0.39, 0.29) is 32.8 Å². The molecule has 1 aliphatic heterocycles. The van der Waals surface area contributed by atoms with Crippen LogP contribution in [-0.2, 0) is 9.59 Å². The summed E-state index contributed by atoms with van der Waals surface area (Å²) in [5.41, 5.74) is 0.659. The Balaban J connectivity index is 1.73. The standard InChI is InChI=1S/C19H14F2N2O4S2/c20-18(21)27-14-7-2-1-4-11(14)8-15-17(26)23(19(28)29-15)10-16(25)22-12-5-3-6-13(24)9-12/h1-9,18,24H,10H2,(H,22,25)/b15-8-. The Labute approximate surface area is 174 Å². The number of thioether (sulfide) groups is 1. The van der Waals surface area contributed by atoms with Gasteiger partial charge >= 0.3 is 6.61 Å². The maximum Gasteiger partial charge on any atom is 0.387 e. The van der Waals surface area contributed by atoms with Crippen molar-refractivity contribution in [1.29, 1.82) is 0 Å². The number of alkyl halides is 2. The lowest BCUT2D eigenvalue weighted by atomic mass is 10.2. The number of thiocarbonyl (C=S) groups is 1. The van der Waals surface area contributed by atoms with Gasteiger partial charge in [-0.15, -0.1) is 0 Å². The topological polar surface area (TPSA) is 78.9 Å². The highest BCUT2D eigenvalue weighted by atomic mass is 32.2. The van der Waals surface area contributed by atoms with Gasteiger partial charge in [-0.1, -0.05) is 48.2 Å². The van der Waals surface area contributed by atoms with Gasteiger partial charge in [-0.25, -0.2) is 0 Å². The second-order valence-corrected chi connectivity index (χ2v) is 7.46. The maximum atomic E-state index is 12.6. The van der Waals surface area contributed by atoms with Crippen LogP contribution >= 0.6 is 24.0 Å². The summed E-state index contributed by atoms with van der Waals surface area (Å²) < 4.78 is 29.7. The Bertz CT molecular complexity index is 998. The molecule has 0 radical (unpaired) electrons. The summed E-state index contributed by atoms with van der Waals surface area (Å²) in [6.07, 6.45) is 1.39. The molecule has 0 aliphatic carbocycles. The van der Waals surface area contributed by atoms with Crippen LogP contribution in [0.1, 0.15) is 5.56 Å². The van der Waals surface area contributed by atoms with E-state index in [9.17, 15) is 23.5 Å². The molecule has 2 aromatic rings. The first-order chi connectivity index (χ1) is 13.8. The van der Waals surface area contributed by atoms with Gasteiger partial charge in [0, 0.05) is 17.3 Å². The summed E-state index contributed by atoms with van der Waals surface area (Å²) in [6, 6.07) is 12.0. The number of anilines is 1. The monoisotopic (exact) mass is 436 g/mol. The second-order valence-electron chi connectivity index (χ2n) is 5.78. The van der Waals surface area contributed by atoms with Gasteiger partial charge in [-0.05, 0) is 24.3 Å². The van der Waals surface area contributed by atoms with E-state index in [0.717, 1.165) is 16.7 Å². The number of benzene rings is 2. The van der Waals surface area contributed by atoms with E-state index in [2.05, 4.69) is 10.1 Å². The smallest absolute Gasteiger partial charge is 0.387 e. The van der Waals surface area contributed by atoms with Crippen LogP contribution in [0, 0.1) is 0 Å². The SMILES string of the molecule is O=C(CN1C(=O)/C(=C/c2ccccc2OC(F)F)SC1=S)Nc1cccc(O)c1. The quantitative estimate of drug-likeness (QED) is 0.529. The molecule has 0 atom stereocenters. The third kappa shape index (κ3) is 5.30. The molecule has 150 valence electrons. The molecule has 1 fully saturated rings. The first-order valence-electron chi connectivity index (χ1n) is 8.21. The lowest BCUT2D eigenvalue weighted by molar-refractivity contribution is -0.126. The second kappa shape index (κ2) is 9.01. The minimum absolute atomic E-state index is 0.0129. The van der Waals surface area contributed by atoms with Gasteiger partial charge in [0.2, 0.25) is 5.91 Å². The fraction of sp³-hybridized carbons (Fsp3) is 0.105. The normalized spacial score (nSPS) is 15.3. The van der Waals surface area contributed by atoms with Gasteiger partial charge in [0.1, 0.15) is 22.4 Å². The number of hydrogen-bond acceptors (Lipinski definition) is 6. The van der Waals surface area contributed by atoms with Crippen LogP contribution in [0.3, 0.4) is 0 Å². The lowest BCUT2D eigenvalue weighted by Crippen LogP contribution is -2.36. The van der Waals surface area contributed by atoms with Crippen molar-refractivity contribution in [3.63, 3.8) is 0 Å². The Morgan fingerprint density at radius 1 is 1.28 bits per heavy atom. The highest BCUT2D eigenvalue weighted by molar-refractivity contribution is 8.26. The molecule has 29 heavy (non-hydrogen) atoms. The van der Waals surface area contributed by atoms with Gasteiger partial charge in [0.15, 0.2) is 0 Å². The number of ether oxygens (including phenoxy) is 1. The van der Waals surface area contributed by atoms with Gasteiger partial charge in [0.25, 0.3) is 5.91 Å². The highest BCUT2D eigenvalue weighted by Crippen LogP contribution is 2.34. The molecule has 0 aromatic heterocycles. The number of rotatable bonds is 6. The third-order valence-corrected chi connectivity index (χ3v) is 5.10. The molecule has 3 rings (SSSR count). The van der Waals surface area contributed by atoms with Crippen molar-refractivity contribution in [3.8, 4) is 11.5 Å². The van der Waals surface area contributed by atoms with Crippen LogP contribution < -0.4 is 10.1 Å². The van der Waals surface area contributed by atoms with Crippen molar-refractivity contribution in [3.05, 3.63) is 59.0 Å². The van der Waals surface area contributed by atoms with E-state index >= 15 is 0 Å². The zero-order valence-electron chi connectivity index (χ0n) is 14.7. The van der Waals surface area contributed by atoms with Gasteiger partial charge in [-0.3, -0.25) is 14.5 Å². The molecule has 0 saturated carbocycles. The van der Waals surface area contributed by atoms with E-state index in [4.69, 9.17) is 12.2 Å².